The number of hydrogen-bond acceptors (Lipinski definition) is 5. The molecular formula is C16H17N5. The molecule has 3 aromatic rings. The van der Waals surface area contributed by atoms with Gasteiger partial charge in [-0.25, -0.2) is 9.97 Å². The predicted molar refractivity (Wildman–Crippen MR) is 84.9 cm³/mol. The van der Waals surface area contributed by atoms with Crippen LogP contribution in [0.3, 0.4) is 0 Å². The Bertz CT molecular complexity index is 764. The summed E-state index contributed by atoms with van der Waals surface area (Å²) in [6.07, 6.45) is 2.57. The second-order valence-corrected chi connectivity index (χ2v) is 4.79. The summed E-state index contributed by atoms with van der Waals surface area (Å²) in [5, 5.41) is 4.43. The quantitative estimate of drug-likeness (QED) is 0.768. The standard InChI is InChI=1S/C16H17N5/c1-2-14-20-13(17)9-15(21-14)19-10-12-6-3-5-11-7-4-8-18-16(11)12/h3-9H,2,10H2,1H3,(H3,17,19,20,21). The van der Waals surface area contributed by atoms with E-state index in [4.69, 9.17) is 5.73 Å². The van der Waals surface area contributed by atoms with E-state index in [1.54, 1.807) is 6.07 Å². The number of aryl methyl sites for hydroxylation is 1. The summed E-state index contributed by atoms with van der Waals surface area (Å²) in [7, 11) is 0. The second-order valence-electron chi connectivity index (χ2n) is 4.79. The lowest BCUT2D eigenvalue weighted by molar-refractivity contribution is 0.938. The lowest BCUT2D eigenvalue weighted by Crippen LogP contribution is -2.06. The highest BCUT2D eigenvalue weighted by molar-refractivity contribution is 5.81. The molecule has 5 heteroatoms. The monoisotopic (exact) mass is 279 g/mol. The van der Waals surface area contributed by atoms with Crippen LogP contribution in [0.15, 0.2) is 42.6 Å². The molecule has 0 unspecified atom stereocenters. The fourth-order valence-corrected chi connectivity index (χ4v) is 2.26. The number of para-hydroxylation sites is 1. The van der Waals surface area contributed by atoms with Gasteiger partial charge in [-0.2, -0.15) is 0 Å². The summed E-state index contributed by atoms with van der Waals surface area (Å²) >= 11 is 0. The lowest BCUT2D eigenvalue weighted by Gasteiger charge is -2.09. The van der Waals surface area contributed by atoms with Gasteiger partial charge in [-0.1, -0.05) is 31.2 Å². The first-order chi connectivity index (χ1) is 10.3. The minimum atomic E-state index is 0.486. The Morgan fingerprint density at radius 3 is 2.86 bits per heavy atom. The fourth-order valence-electron chi connectivity index (χ4n) is 2.26. The van der Waals surface area contributed by atoms with Crippen LogP contribution in [-0.4, -0.2) is 15.0 Å². The molecule has 3 rings (SSSR count). The molecule has 0 amide bonds. The molecule has 0 bridgehead atoms. The number of fused-ring (bicyclic) bond motifs is 1. The normalized spacial score (nSPS) is 10.7. The van der Waals surface area contributed by atoms with Gasteiger partial charge in [0.15, 0.2) is 0 Å². The van der Waals surface area contributed by atoms with Crippen LogP contribution in [0.4, 0.5) is 11.6 Å². The van der Waals surface area contributed by atoms with Crippen LogP contribution in [0.5, 0.6) is 0 Å². The highest BCUT2D eigenvalue weighted by atomic mass is 15.0. The molecule has 106 valence electrons. The lowest BCUT2D eigenvalue weighted by atomic mass is 10.1. The van der Waals surface area contributed by atoms with E-state index in [0.717, 1.165) is 34.5 Å². The maximum absolute atomic E-state index is 5.79. The summed E-state index contributed by atoms with van der Waals surface area (Å²) in [4.78, 5) is 13.0. The third-order valence-electron chi connectivity index (χ3n) is 3.28. The molecule has 2 heterocycles. The van der Waals surface area contributed by atoms with Crippen molar-refractivity contribution < 1.29 is 0 Å². The number of aromatic nitrogens is 3. The summed E-state index contributed by atoms with van der Waals surface area (Å²) in [5.74, 6) is 1.97. The Labute approximate surface area is 123 Å². The van der Waals surface area contributed by atoms with E-state index in [-0.39, 0.29) is 0 Å². The van der Waals surface area contributed by atoms with Crippen LogP contribution in [0, 0.1) is 0 Å². The average molecular weight is 279 g/mol. The van der Waals surface area contributed by atoms with Gasteiger partial charge in [-0.15, -0.1) is 0 Å². The molecule has 0 atom stereocenters. The van der Waals surface area contributed by atoms with Crippen molar-refractivity contribution in [3.63, 3.8) is 0 Å². The van der Waals surface area contributed by atoms with Crippen LogP contribution in [0.1, 0.15) is 18.3 Å². The van der Waals surface area contributed by atoms with Gasteiger partial charge < -0.3 is 11.1 Å². The van der Waals surface area contributed by atoms with Crippen LogP contribution in [0.2, 0.25) is 0 Å². The average Bonchev–Trinajstić information content (AvgIpc) is 2.52. The van der Waals surface area contributed by atoms with Gasteiger partial charge in [-0.05, 0) is 11.6 Å². The predicted octanol–water partition coefficient (Wildman–Crippen LogP) is 2.78. The van der Waals surface area contributed by atoms with E-state index >= 15 is 0 Å². The number of hydrogen-bond donors (Lipinski definition) is 2. The van der Waals surface area contributed by atoms with Crippen LogP contribution in [0.25, 0.3) is 10.9 Å². The van der Waals surface area contributed by atoms with E-state index in [1.807, 2.05) is 25.3 Å². The first-order valence-corrected chi connectivity index (χ1v) is 6.96. The van der Waals surface area contributed by atoms with Gasteiger partial charge in [0.1, 0.15) is 17.5 Å². The molecule has 0 aliphatic heterocycles. The molecule has 1 aromatic carbocycles. The minimum absolute atomic E-state index is 0.486. The molecular weight excluding hydrogens is 262 g/mol. The molecule has 0 saturated heterocycles. The Morgan fingerprint density at radius 2 is 2.00 bits per heavy atom. The van der Waals surface area contributed by atoms with Crippen molar-refractivity contribution in [2.75, 3.05) is 11.1 Å². The summed E-state index contributed by atoms with van der Waals surface area (Å²) in [6.45, 7) is 2.65. The summed E-state index contributed by atoms with van der Waals surface area (Å²) in [6, 6.07) is 11.9. The maximum Gasteiger partial charge on any atom is 0.132 e. The Morgan fingerprint density at radius 1 is 1.14 bits per heavy atom. The highest BCUT2D eigenvalue weighted by Gasteiger charge is 2.04. The van der Waals surface area contributed by atoms with Crippen LogP contribution >= 0.6 is 0 Å². The van der Waals surface area contributed by atoms with Crippen LogP contribution < -0.4 is 11.1 Å². The number of rotatable bonds is 4. The minimum Gasteiger partial charge on any atom is -0.384 e. The second kappa shape index (κ2) is 5.75. The largest absolute Gasteiger partial charge is 0.384 e. The summed E-state index contributed by atoms with van der Waals surface area (Å²) in [5.41, 5.74) is 7.92. The summed E-state index contributed by atoms with van der Waals surface area (Å²) < 4.78 is 0. The van der Waals surface area contributed by atoms with Gasteiger partial charge in [0.05, 0.1) is 5.52 Å². The van der Waals surface area contributed by atoms with E-state index in [2.05, 4.69) is 38.5 Å². The number of benzene rings is 1. The zero-order chi connectivity index (χ0) is 14.7. The molecule has 0 saturated carbocycles. The van der Waals surface area contributed by atoms with E-state index in [0.29, 0.717) is 12.4 Å². The molecule has 0 spiro atoms. The van der Waals surface area contributed by atoms with Crippen molar-refractivity contribution in [1.82, 2.24) is 15.0 Å². The molecule has 0 aliphatic rings. The molecule has 0 aliphatic carbocycles. The third kappa shape index (κ3) is 2.91. The van der Waals surface area contributed by atoms with Gasteiger partial charge in [0, 0.05) is 30.6 Å². The van der Waals surface area contributed by atoms with Gasteiger partial charge in [0.2, 0.25) is 0 Å². The molecule has 2 aromatic heterocycles. The Hall–Kier alpha value is -2.69. The van der Waals surface area contributed by atoms with E-state index < -0.39 is 0 Å². The number of nitrogens with two attached hydrogens (primary N) is 1. The smallest absolute Gasteiger partial charge is 0.132 e. The van der Waals surface area contributed by atoms with E-state index in [9.17, 15) is 0 Å². The molecule has 3 N–H and O–H groups in total. The zero-order valence-corrected chi connectivity index (χ0v) is 11.9. The van der Waals surface area contributed by atoms with Crippen molar-refractivity contribution in [2.24, 2.45) is 0 Å². The fraction of sp³-hybridized carbons (Fsp3) is 0.188. The topological polar surface area (TPSA) is 76.7 Å². The van der Waals surface area contributed by atoms with Gasteiger partial charge >= 0.3 is 0 Å². The third-order valence-corrected chi connectivity index (χ3v) is 3.28. The SMILES string of the molecule is CCc1nc(N)cc(NCc2cccc3cccnc23)n1. The first kappa shape index (κ1) is 13.3. The maximum atomic E-state index is 5.79. The van der Waals surface area contributed by atoms with E-state index in [1.165, 1.54) is 0 Å². The number of anilines is 2. The zero-order valence-electron chi connectivity index (χ0n) is 11.9. The van der Waals surface area contributed by atoms with Crippen molar-refractivity contribution in [3.8, 4) is 0 Å². The number of pyridine rings is 1. The van der Waals surface area contributed by atoms with Crippen molar-refractivity contribution in [1.29, 1.82) is 0 Å². The first-order valence-electron chi connectivity index (χ1n) is 6.96. The molecule has 0 fully saturated rings. The molecule has 5 nitrogen and oxygen atoms in total. The Kier molecular flexibility index (Phi) is 3.64. The number of nitrogen functional groups attached to an aromatic ring is 1. The number of nitrogens with zero attached hydrogens (tertiary/aromatic N) is 3. The van der Waals surface area contributed by atoms with Crippen molar-refractivity contribution in [3.05, 3.63) is 54.0 Å². The number of nitrogens with one attached hydrogen (secondary N) is 1. The van der Waals surface area contributed by atoms with Gasteiger partial charge in [-0.3, -0.25) is 4.98 Å². The van der Waals surface area contributed by atoms with Gasteiger partial charge in [0.25, 0.3) is 0 Å². The Balaban J connectivity index is 1.85. The van der Waals surface area contributed by atoms with Crippen molar-refractivity contribution >= 4 is 22.5 Å². The molecule has 0 radical (unpaired) electrons. The molecule has 21 heavy (non-hydrogen) atoms. The highest BCUT2D eigenvalue weighted by Crippen LogP contribution is 2.17. The van der Waals surface area contributed by atoms with Crippen molar-refractivity contribution in [2.45, 2.75) is 19.9 Å². The van der Waals surface area contributed by atoms with Crippen LogP contribution in [-0.2, 0) is 13.0 Å².